The van der Waals surface area contributed by atoms with Gasteiger partial charge < -0.3 is 9.67 Å². The van der Waals surface area contributed by atoms with Crippen molar-refractivity contribution >= 4 is 48.8 Å². The lowest BCUT2D eigenvalue weighted by Gasteiger charge is -2.25. The van der Waals surface area contributed by atoms with Crippen LogP contribution in [0.1, 0.15) is 33.0 Å². The second-order valence-corrected chi connectivity index (χ2v) is 9.30. The first-order chi connectivity index (χ1) is 14.0. The maximum Gasteiger partial charge on any atom is 0.282 e. The zero-order chi connectivity index (χ0) is 20.3. The van der Waals surface area contributed by atoms with Crippen LogP contribution in [0.25, 0.3) is 21.5 Å². The van der Waals surface area contributed by atoms with Gasteiger partial charge in [-0.3, -0.25) is 4.79 Å². The Kier molecular flexibility index (Phi) is 4.22. The monoisotopic (exact) mass is 464 g/mol. The van der Waals surface area contributed by atoms with Gasteiger partial charge in [-0.25, -0.2) is 0 Å². The van der Waals surface area contributed by atoms with Gasteiger partial charge >= 0.3 is 0 Å². The van der Waals surface area contributed by atoms with Crippen LogP contribution in [-0.2, 0) is 6.54 Å². The SMILES string of the molecule is Cc1sc2c(c1C)c(=O)nc1n2Cc2ccccc2/C1=C(\O)c1cccc(Br)c1. The van der Waals surface area contributed by atoms with Crippen LogP contribution in [0, 0.1) is 13.8 Å². The van der Waals surface area contributed by atoms with Gasteiger partial charge in [0.1, 0.15) is 16.4 Å². The molecule has 1 aliphatic rings. The van der Waals surface area contributed by atoms with E-state index in [2.05, 4.69) is 31.5 Å². The van der Waals surface area contributed by atoms with Gasteiger partial charge in [0.05, 0.1) is 17.5 Å². The molecule has 6 heteroatoms. The summed E-state index contributed by atoms with van der Waals surface area (Å²) in [5.41, 5.74) is 4.00. The topological polar surface area (TPSA) is 55.1 Å². The number of hydrogen-bond donors (Lipinski definition) is 1. The molecular weight excluding hydrogens is 448 g/mol. The van der Waals surface area contributed by atoms with E-state index in [9.17, 15) is 9.90 Å². The molecule has 0 atom stereocenters. The third-order valence-corrected chi connectivity index (χ3v) is 7.19. The highest BCUT2D eigenvalue weighted by Gasteiger charge is 2.28. The molecule has 0 fully saturated rings. The number of aliphatic hydroxyl groups is 1. The fourth-order valence-electron chi connectivity index (χ4n) is 3.90. The summed E-state index contributed by atoms with van der Waals surface area (Å²) in [7, 11) is 0. The second-order valence-electron chi connectivity index (χ2n) is 7.18. The number of fused-ring (bicyclic) bond motifs is 4. The Morgan fingerprint density at radius 3 is 2.76 bits per heavy atom. The zero-order valence-electron chi connectivity index (χ0n) is 15.9. The van der Waals surface area contributed by atoms with Crippen molar-refractivity contribution in [3.63, 3.8) is 0 Å². The normalized spacial score (nSPS) is 14.6. The van der Waals surface area contributed by atoms with Gasteiger partial charge in [-0.2, -0.15) is 4.98 Å². The maximum absolute atomic E-state index is 12.9. The molecule has 0 unspecified atom stereocenters. The van der Waals surface area contributed by atoms with Crippen LogP contribution in [0.5, 0.6) is 0 Å². The minimum Gasteiger partial charge on any atom is -0.507 e. The minimum absolute atomic E-state index is 0.114. The van der Waals surface area contributed by atoms with Gasteiger partial charge in [0.25, 0.3) is 5.56 Å². The van der Waals surface area contributed by atoms with E-state index in [-0.39, 0.29) is 11.3 Å². The fraction of sp³-hybridized carbons (Fsp3) is 0.130. The molecule has 0 saturated heterocycles. The second kappa shape index (κ2) is 6.68. The van der Waals surface area contributed by atoms with E-state index in [0.717, 1.165) is 30.9 Å². The summed E-state index contributed by atoms with van der Waals surface area (Å²) >= 11 is 5.08. The van der Waals surface area contributed by atoms with Crippen LogP contribution in [-0.4, -0.2) is 14.7 Å². The highest BCUT2D eigenvalue weighted by Crippen LogP contribution is 2.39. The van der Waals surface area contributed by atoms with Crippen molar-refractivity contribution in [2.75, 3.05) is 0 Å². The molecule has 0 amide bonds. The lowest BCUT2D eigenvalue weighted by atomic mass is 9.92. The van der Waals surface area contributed by atoms with Crippen LogP contribution in [0.4, 0.5) is 0 Å². The Bertz CT molecular complexity index is 1400. The van der Waals surface area contributed by atoms with Gasteiger partial charge in [0.2, 0.25) is 0 Å². The molecule has 0 bridgehead atoms. The summed E-state index contributed by atoms with van der Waals surface area (Å²) in [5.74, 6) is 0.628. The van der Waals surface area contributed by atoms with E-state index >= 15 is 0 Å². The Morgan fingerprint density at radius 1 is 1.17 bits per heavy atom. The van der Waals surface area contributed by atoms with Crippen LogP contribution < -0.4 is 5.56 Å². The Balaban J connectivity index is 1.91. The summed E-state index contributed by atoms with van der Waals surface area (Å²) in [6, 6.07) is 15.5. The molecule has 0 saturated carbocycles. The Hall–Kier alpha value is -2.70. The standard InChI is InChI=1S/C23H17BrN2O2S/c1-12-13(2)29-23-18(12)22(28)25-21-19(20(27)14-7-5-8-16(24)10-14)17-9-4-3-6-15(17)11-26(21)23/h3-10,27H,11H2,1-2H3/b20-19+. The van der Waals surface area contributed by atoms with E-state index in [4.69, 9.17) is 0 Å². The van der Waals surface area contributed by atoms with E-state index in [1.54, 1.807) is 11.3 Å². The van der Waals surface area contributed by atoms with Gasteiger partial charge in [-0.05, 0) is 42.7 Å². The van der Waals surface area contributed by atoms with Crippen molar-refractivity contribution in [3.05, 3.63) is 96.3 Å². The molecule has 0 radical (unpaired) electrons. The van der Waals surface area contributed by atoms with Crippen LogP contribution in [0.2, 0.25) is 0 Å². The van der Waals surface area contributed by atoms with Gasteiger partial charge in [0.15, 0.2) is 0 Å². The molecule has 1 N–H and O–H groups in total. The van der Waals surface area contributed by atoms with Crippen molar-refractivity contribution in [2.45, 2.75) is 20.4 Å². The number of benzene rings is 2. The first-order valence-electron chi connectivity index (χ1n) is 9.24. The molecule has 3 heterocycles. The van der Waals surface area contributed by atoms with E-state index in [1.165, 1.54) is 0 Å². The first-order valence-corrected chi connectivity index (χ1v) is 10.8. The maximum atomic E-state index is 12.9. The molecule has 4 aromatic rings. The molecule has 29 heavy (non-hydrogen) atoms. The number of rotatable bonds is 1. The first kappa shape index (κ1) is 18.3. The highest BCUT2D eigenvalue weighted by atomic mass is 79.9. The number of aliphatic hydroxyl groups excluding tert-OH is 1. The average molecular weight is 465 g/mol. The van der Waals surface area contributed by atoms with Crippen molar-refractivity contribution < 1.29 is 5.11 Å². The third kappa shape index (κ3) is 2.78. The summed E-state index contributed by atoms with van der Waals surface area (Å²) in [6.07, 6.45) is 0. The molecule has 144 valence electrons. The molecule has 2 aromatic heterocycles. The number of thiophene rings is 1. The average Bonchev–Trinajstić information content (AvgIpc) is 3.01. The van der Waals surface area contributed by atoms with Gasteiger partial charge in [-0.1, -0.05) is 52.3 Å². The third-order valence-electron chi connectivity index (χ3n) is 5.46. The number of aryl methyl sites for hydroxylation is 2. The largest absolute Gasteiger partial charge is 0.507 e. The number of aromatic nitrogens is 2. The molecular formula is C23H17BrN2O2S. The Morgan fingerprint density at radius 2 is 1.97 bits per heavy atom. The van der Waals surface area contributed by atoms with E-state index in [1.807, 2.05) is 56.3 Å². The van der Waals surface area contributed by atoms with Crippen molar-refractivity contribution in [1.29, 1.82) is 0 Å². The number of halogens is 1. The van der Waals surface area contributed by atoms with Gasteiger partial charge in [0, 0.05) is 14.9 Å². The van der Waals surface area contributed by atoms with Crippen LogP contribution in [0.15, 0.2) is 57.8 Å². The minimum atomic E-state index is -0.243. The number of hydrogen-bond acceptors (Lipinski definition) is 4. The molecule has 1 aliphatic heterocycles. The zero-order valence-corrected chi connectivity index (χ0v) is 18.3. The smallest absolute Gasteiger partial charge is 0.282 e. The number of nitrogens with zero attached hydrogens (tertiary/aromatic N) is 2. The van der Waals surface area contributed by atoms with E-state index in [0.29, 0.717) is 28.9 Å². The molecule has 4 nitrogen and oxygen atoms in total. The van der Waals surface area contributed by atoms with Crippen molar-refractivity contribution in [1.82, 2.24) is 9.55 Å². The van der Waals surface area contributed by atoms with Crippen molar-refractivity contribution in [3.8, 4) is 0 Å². The molecule has 2 aromatic carbocycles. The summed E-state index contributed by atoms with van der Waals surface area (Å²) in [4.78, 5) is 19.4. The lowest BCUT2D eigenvalue weighted by molar-refractivity contribution is 0.512. The molecule has 0 aliphatic carbocycles. The van der Waals surface area contributed by atoms with E-state index < -0.39 is 0 Å². The Labute approximate surface area is 179 Å². The van der Waals surface area contributed by atoms with Gasteiger partial charge in [-0.15, -0.1) is 11.3 Å². The fourth-order valence-corrected chi connectivity index (χ4v) is 5.45. The highest BCUT2D eigenvalue weighted by molar-refractivity contribution is 9.10. The molecule has 5 rings (SSSR count). The molecule has 0 spiro atoms. The predicted molar refractivity (Wildman–Crippen MR) is 122 cm³/mol. The van der Waals surface area contributed by atoms with Crippen LogP contribution >= 0.6 is 27.3 Å². The summed E-state index contributed by atoms with van der Waals surface area (Å²) in [6.45, 7) is 4.61. The quantitative estimate of drug-likeness (QED) is 0.325. The lowest BCUT2D eigenvalue weighted by Crippen LogP contribution is -2.23. The van der Waals surface area contributed by atoms with Crippen LogP contribution in [0.3, 0.4) is 0 Å². The van der Waals surface area contributed by atoms with Crippen molar-refractivity contribution in [2.24, 2.45) is 0 Å². The summed E-state index contributed by atoms with van der Waals surface area (Å²) < 4.78 is 2.93. The summed E-state index contributed by atoms with van der Waals surface area (Å²) in [5, 5.41) is 12.0. The predicted octanol–water partition coefficient (Wildman–Crippen LogP) is 5.67.